The lowest BCUT2D eigenvalue weighted by Crippen LogP contribution is -2.27. The number of hydrogen-bond donors (Lipinski definition) is 0. The molecule has 2 amide bonds. The average Bonchev–Trinajstić information content (AvgIpc) is 2.84. The smallest absolute Gasteiger partial charge is 0.308 e. The van der Waals surface area contributed by atoms with Gasteiger partial charge in [0.25, 0.3) is 11.1 Å². The van der Waals surface area contributed by atoms with Crippen molar-refractivity contribution in [3.63, 3.8) is 0 Å². The number of esters is 1. The topological polar surface area (TPSA) is 63.7 Å². The molecule has 0 spiro atoms. The highest BCUT2D eigenvalue weighted by Gasteiger charge is 2.36. The lowest BCUT2D eigenvalue weighted by Gasteiger charge is -2.12. The Kier molecular flexibility index (Phi) is 4.92. The van der Waals surface area contributed by atoms with Gasteiger partial charge in [0.1, 0.15) is 5.75 Å². The summed E-state index contributed by atoms with van der Waals surface area (Å²) in [5.74, 6) is -0.378. The van der Waals surface area contributed by atoms with Crippen LogP contribution in [-0.4, -0.2) is 17.1 Å². The molecule has 126 valence electrons. The van der Waals surface area contributed by atoms with Crippen molar-refractivity contribution < 1.29 is 19.1 Å². The quantitative estimate of drug-likeness (QED) is 0.450. The monoisotopic (exact) mass is 373 g/mol. The molecule has 0 saturated carbocycles. The Bertz CT molecular complexity index is 875. The van der Waals surface area contributed by atoms with Gasteiger partial charge in [-0.15, -0.1) is 0 Å². The van der Waals surface area contributed by atoms with Crippen LogP contribution in [0.1, 0.15) is 12.5 Å². The summed E-state index contributed by atoms with van der Waals surface area (Å²) >= 11 is 6.71. The maximum atomic E-state index is 12.5. The molecule has 0 aromatic heterocycles. The maximum absolute atomic E-state index is 12.5. The molecule has 7 heteroatoms. The molecule has 0 N–H and O–H groups in total. The van der Waals surface area contributed by atoms with Gasteiger partial charge >= 0.3 is 5.97 Å². The normalized spacial score (nSPS) is 15.8. The number of rotatable bonds is 3. The highest BCUT2D eigenvalue weighted by molar-refractivity contribution is 8.19. The Morgan fingerprint density at radius 2 is 1.72 bits per heavy atom. The lowest BCUT2D eigenvalue weighted by atomic mass is 10.2. The molecule has 0 bridgehead atoms. The first-order chi connectivity index (χ1) is 11.9. The Hall–Kier alpha value is -2.57. The summed E-state index contributed by atoms with van der Waals surface area (Å²) in [6.45, 7) is 1.32. The second kappa shape index (κ2) is 7.13. The van der Waals surface area contributed by atoms with E-state index in [4.69, 9.17) is 16.3 Å². The molecule has 25 heavy (non-hydrogen) atoms. The molecule has 2 aromatic carbocycles. The molecule has 2 aromatic rings. The zero-order chi connectivity index (χ0) is 18.0. The van der Waals surface area contributed by atoms with Crippen LogP contribution in [0.3, 0.4) is 0 Å². The van der Waals surface area contributed by atoms with Gasteiger partial charge in [0.2, 0.25) is 0 Å². The van der Waals surface area contributed by atoms with Gasteiger partial charge in [-0.05, 0) is 59.8 Å². The number of halogens is 1. The van der Waals surface area contributed by atoms with Crippen LogP contribution in [0.5, 0.6) is 5.75 Å². The van der Waals surface area contributed by atoms with Gasteiger partial charge in [-0.25, -0.2) is 4.90 Å². The van der Waals surface area contributed by atoms with E-state index in [0.717, 1.165) is 22.2 Å². The van der Waals surface area contributed by atoms with Crippen LogP contribution < -0.4 is 9.64 Å². The number of hydrogen-bond acceptors (Lipinski definition) is 5. The lowest BCUT2D eigenvalue weighted by molar-refractivity contribution is -0.131. The fourth-order valence-electron chi connectivity index (χ4n) is 2.23. The zero-order valence-electron chi connectivity index (χ0n) is 13.1. The summed E-state index contributed by atoms with van der Waals surface area (Å²) in [5.41, 5.74) is 1.19. The van der Waals surface area contributed by atoms with Gasteiger partial charge in [-0.3, -0.25) is 14.4 Å². The van der Waals surface area contributed by atoms with Crippen LogP contribution in [0.25, 0.3) is 6.08 Å². The van der Waals surface area contributed by atoms with E-state index in [1.54, 1.807) is 54.6 Å². The summed E-state index contributed by atoms with van der Waals surface area (Å²) in [5, 5.41) is 0.161. The van der Waals surface area contributed by atoms with Crippen LogP contribution in [-0.2, 0) is 9.59 Å². The third-order valence-electron chi connectivity index (χ3n) is 3.32. The Labute approximate surface area is 153 Å². The average molecular weight is 374 g/mol. The van der Waals surface area contributed by atoms with Gasteiger partial charge in [-0.2, -0.15) is 0 Å². The van der Waals surface area contributed by atoms with Crippen molar-refractivity contribution in [3.05, 3.63) is 64.0 Å². The Morgan fingerprint density at radius 3 is 2.32 bits per heavy atom. The van der Waals surface area contributed by atoms with Gasteiger partial charge < -0.3 is 4.74 Å². The molecule has 0 aliphatic carbocycles. The molecular weight excluding hydrogens is 362 g/mol. The number of carbonyl (C=O) groups excluding carboxylic acids is 3. The zero-order valence-corrected chi connectivity index (χ0v) is 14.6. The van der Waals surface area contributed by atoms with Gasteiger partial charge in [0, 0.05) is 11.9 Å². The Morgan fingerprint density at radius 1 is 1.08 bits per heavy atom. The number of imide groups is 1. The van der Waals surface area contributed by atoms with Gasteiger partial charge in [0.15, 0.2) is 0 Å². The van der Waals surface area contributed by atoms with E-state index in [1.165, 1.54) is 6.92 Å². The minimum Gasteiger partial charge on any atom is -0.427 e. The van der Waals surface area contributed by atoms with Crippen molar-refractivity contribution in [2.24, 2.45) is 0 Å². The second-order valence-electron chi connectivity index (χ2n) is 5.16. The minimum absolute atomic E-state index is 0.320. The van der Waals surface area contributed by atoms with Crippen LogP contribution in [0.15, 0.2) is 53.4 Å². The van der Waals surface area contributed by atoms with E-state index in [0.29, 0.717) is 21.4 Å². The fraction of sp³-hybridized carbons (Fsp3) is 0.0556. The van der Waals surface area contributed by atoms with Crippen LogP contribution in [0.2, 0.25) is 5.02 Å². The summed E-state index contributed by atoms with van der Waals surface area (Å²) in [6, 6.07) is 13.1. The van der Waals surface area contributed by atoms with Crippen molar-refractivity contribution in [1.29, 1.82) is 0 Å². The highest BCUT2D eigenvalue weighted by Crippen LogP contribution is 2.36. The van der Waals surface area contributed by atoms with E-state index in [9.17, 15) is 14.4 Å². The summed E-state index contributed by atoms with van der Waals surface area (Å²) in [7, 11) is 0. The van der Waals surface area contributed by atoms with E-state index < -0.39 is 5.97 Å². The number of anilines is 1. The molecule has 1 saturated heterocycles. The van der Waals surface area contributed by atoms with Crippen LogP contribution in [0, 0.1) is 0 Å². The second-order valence-corrected chi connectivity index (χ2v) is 6.59. The van der Waals surface area contributed by atoms with Crippen LogP contribution >= 0.6 is 23.4 Å². The van der Waals surface area contributed by atoms with Crippen molar-refractivity contribution >= 4 is 52.2 Å². The third kappa shape index (κ3) is 3.92. The molecule has 1 fully saturated rings. The summed E-state index contributed by atoms with van der Waals surface area (Å²) < 4.78 is 4.96. The summed E-state index contributed by atoms with van der Waals surface area (Å²) in [4.78, 5) is 37.1. The predicted octanol–water partition coefficient (Wildman–Crippen LogP) is 4.51. The van der Waals surface area contributed by atoms with E-state index in [-0.39, 0.29) is 11.1 Å². The SMILES string of the molecule is CC(=O)Oc1ccc(/C=C2\SC(=O)N(c3ccc(Cl)cc3)C2=O)cc1. The van der Waals surface area contributed by atoms with E-state index in [2.05, 4.69) is 0 Å². The third-order valence-corrected chi connectivity index (χ3v) is 4.44. The molecule has 0 unspecified atom stereocenters. The predicted molar refractivity (Wildman–Crippen MR) is 97.7 cm³/mol. The molecule has 0 radical (unpaired) electrons. The minimum atomic E-state index is -0.406. The molecule has 0 atom stereocenters. The number of thioether (sulfide) groups is 1. The number of amides is 2. The first-order valence-electron chi connectivity index (χ1n) is 7.26. The van der Waals surface area contributed by atoms with E-state index in [1.807, 2.05) is 0 Å². The molecular formula is C18H12ClNO4S. The first-order valence-corrected chi connectivity index (χ1v) is 8.45. The number of ether oxygens (including phenoxy) is 1. The van der Waals surface area contributed by atoms with Gasteiger partial charge in [-0.1, -0.05) is 23.7 Å². The van der Waals surface area contributed by atoms with Crippen molar-refractivity contribution in [3.8, 4) is 5.75 Å². The molecule has 1 aliphatic heterocycles. The Balaban J connectivity index is 1.82. The van der Waals surface area contributed by atoms with Gasteiger partial charge in [0.05, 0.1) is 10.6 Å². The maximum Gasteiger partial charge on any atom is 0.308 e. The van der Waals surface area contributed by atoms with Crippen molar-refractivity contribution in [2.45, 2.75) is 6.92 Å². The molecule has 5 nitrogen and oxygen atoms in total. The fourth-order valence-corrected chi connectivity index (χ4v) is 3.20. The number of carbonyl (C=O) groups is 3. The van der Waals surface area contributed by atoms with Crippen molar-refractivity contribution in [1.82, 2.24) is 0 Å². The molecule has 3 rings (SSSR count). The standard InChI is InChI=1S/C18H12ClNO4S/c1-11(21)24-15-8-2-12(3-9-15)10-16-17(22)20(18(23)25-16)14-6-4-13(19)5-7-14/h2-10H,1H3/b16-10-. The van der Waals surface area contributed by atoms with Crippen molar-refractivity contribution in [2.75, 3.05) is 4.90 Å². The molecule has 1 heterocycles. The number of nitrogens with zero attached hydrogens (tertiary/aromatic N) is 1. The number of benzene rings is 2. The van der Waals surface area contributed by atoms with Crippen LogP contribution in [0.4, 0.5) is 10.5 Å². The largest absolute Gasteiger partial charge is 0.427 e. The first kappa shape index (κ1) is 17.3. The van der Waals surface area contributed by atoms with E-state index >= 15 is 0 Å². The summed E-state index contributed by atoms with van der Waals surface area (Å²) in [6.07, 6.45) is 1.62. The molecule has 1 aliphatic rings. The highest BCUT2D eigenvalue weighted by atomic mass is 35.5.